The van der Waals surface area contributed by atoms with E-state index in [-0.39, 0.29) is 29.3 Å². The molecule has 6 heteroatoms. The van der Waals surface area contributed by atoms with Gasteiger partial charge in [-0.25, -0.2) is 0 Å². The zero-order chi connectivity index (χ0) is 13.5. The summed E-state index contributed by atoms with van der Waals surface area (Å²) in [5, 5.41) is 9.53. The molecule has 0 spiro atoms. The fraction of sp³-hybridized carbons (Fsp3) is 0.667. The van der Waals surface area contributed by atoms with Gasteiger partial charge >= 0.3 is 0 Å². The highest BCUT2D eigenvalue weighted by atomic mass is 16.5. The first-order valence-corrected chi connectivity index (χ1v) is 6.02. The SMILES string of the molecule is COC1CC(NC(=O)c2c(N)n[nH]c2C)C1(C)C. The zero-order valence-corrected chi connectivity index (χ0v) is 11.2. The summed E-state index contributed by atoms with van der Waals surface area (Å²) >= 11 is 0. The van der Waals surface area contributed by atoms with Gasteiger partial charge in [0.05, 0.1) is 6.10 Å². The van der Waals surface area contributed by atoms with Gasteiger partial charge in [0.15, 0.2) is 5.82 Å². The number of aromatic nitrogens is 2. The zero-order valence-electron chi connectivity index (χ0n) is 11.2. The van der Waals surface area contributed by atoms with Crippen LogP contribution in [0.5, 0.6) is 0 Å². The molecule has 1 aliphatic carbocycles. The first-order valence-electron chi connectivity index (χ1n) is 6.02. The highest BCUT2D eigenvalue weighted by molar-refractivity contribution is 5.99. The van der Waals surface area contributed by atoms with E-state index in [9.17, 15) is 4.79 Å². The van der Waals surface area contributed by atoms with Gasteiger partial charge < -0.3 is 15.8 Å². The highest BCUT2D eigenvalue weighted by Crippen LogP contribution is 2.42. The van der Waals surface area contributed by atoms with Crippen LogP contribution in [0.15, 0.2) is 0 Å². The van der Waals surface area contributed by atoms with E-state index in [1.807, 2.05) is 0 Å². The molecule has 0 aliphatic heterocycles. The molecule has 18 heavy (non-hydrogen) atoms. The van der Waals surface area contributed by atoms with E-state index in [1.54, 1.807) is 14.0 Å². The second-order valence-electron chi connectivity index (χ2n) is 5.42. The fourth-order valence-electron chi connectivity index (χ4n) is 2.50. The first kappa shape index (κ1) is 12.9. The molecular formula is C12H20N4O2. The summed E-state index contributed by atoms with van der Waals surface area (Å²) in [6.07, 6.45) is 1.01. The number of nitrogens with zero attached hydrogens (tertiary/aromatic N) is 1. The van der Waals surface area contributed by atoms with Gasteiger partial charge in [0.2, 0.25) is 0 Å². The maximum Gasteiger partial charge on any atom is 0.257 e. The monoisotopic (exact) mass is 252 g/mol. The Bertz CT molecular complexity index is 447. The molecule has 1 aliphatic rings. The number of nitrogen functional groups attached to an aromatic ring is 1. The van der Waals surface area contributed by atoms with Gasteiger partial charge in [-0.05, 0) is 13.3 Å². The summed E-state index contributed by atoms with van der Waals surface area (Å²) < 4.78 is 5.36. The van der Waals surface area contributed by atoms with E-state index in [0.29, 0.717) is 11.3 Å². The summed E-state index contributed by atoms with van der Waals surface area (Å²) in [6.45, 7) is 5.95. The van der Waals surface area contributed by atoms with Crippen LogP contribution in [0, 0.1) is 12.3 Å². The van der Waals surface area contributed by atoms with Crippen molar-refractivity contribution >= 4 is 11.7 Å². The van der Waals surface area contributed by atoms with Gasteiger partial charge in [-0.1, -0.05) is 13.8 Å². The number of carbonyl (C=O) groups excluding carboxylic acids is 1. The predicted molar refractivity (Wildman–Crippen MR) is 68.2 cm³/mol. The molecular weight excluding hydrogens is 232 g/mol. The van der Waals surface area contributed by atoms with Gasteiger partial charge in [-0.3, -0.25) is 9.89 Å². The third-order valence-corrected chi connectivity index (χ3v) is 3.97. The number of hydrogen-bond donors (Lipinski definition) is 3. The normalized spacial score (nSPS) is 25.6. The van der Waals surface area contributed by atoms with Crippen molar-refractivity contribution in [2.45, 2.75) is 39.3 Å². The minimum Gasteiger partial charge on any atom is -0.382 e. The number of nitrogens with two attached hydrogens (primary N) is 1. The first-order chi connectivity index (χ1) is 8.37. The quantitative estimate of drug-likeness (QED) is 0.743. The van der Waals surface area contributed by atoms with Crippen LogP contribution in [-0.4, -0.2) is 35.4 Å². The summed E-state index contributed by atoms with van der Waals surface area (Å²) in [5.41, 5.74) is 6.73. The van der Waals surface area contributed by atoms with Crippen molar-refractivity contribution in [3.8, 4) is 0 Å². The van der Waals surface area contributed by atoms with Gasteiger partial charge in [-0.15, -0.1) is 0 Å². The third kappa shape index (κ3) is 1.86. The van der Waals surface area contributed by atoms with Gasteiger partial charge in [0, 0.05) is 24.3 Å². The van der Waals surface area contributed by atoms with Crippen LogP contribution >= 0.6 is 0 Å². The Morgan fingerprint density at radius 2 is 2.28 bits per heavy atom. The molecule has 4 N–H and O–H groups in total. The van der Waals surface area contributed by atoms with Crippen LogP contribution < -0.4 is 11.1 Å². The van der Waals surface area contributed by atoms with E-state index in [2.05, 4.69) is 29.4 Å². The molecule has 1 heterocycles. The lowest BCUT2D eigenvalue weighted by atomic mass is 9.64. The van der Waals surface area contributed by atoms with Crippen LogP contribution in [0.4, 0.5) is 5.82 Å². The lowest BCUT2D eigenvalue weighted by Crippen LogP contribution is -2.61. The molecule has 2 atom stereocenters. The molecule has 0 saturated heterocycles. The molecule has 0 aromatic carbocycles. The van der Waals surface area contributed by atoms with Crippen molar-refractivity contribution in [3.05, 3.63) is 11.3 Å². The molecule has 1 aromatic heterocycles. The smallest absolute Gasteiger partial charge is 0.257 e. The molecule has 0 radical (unpaired) electrons. The second kappa shape index (κ2) is 4.28. The maximum absolute atomic E-state index is 12.1. The summed E-state index contributed by atoms with van der Waals surface area (Å²) in [5.74, 6) is 0.0665. The van der Waals surface area contributed by atoms with Crippen LogP contribution in [-0.2, 0) is 4.74 Å². The Hall–Kier alpha value is -1.56. The molecule has 1 aromatic rings. The molecule has 1 fully saturated rings. The Balaban J connectivity index is 2.06. The van der Waals surface area contributed by atoms with Gasteiger partial charge in [0.25, 0.3) is 5.91 Å². The molecule has 2 unspecified atom stereocenters. The predicted octanol–water partition coefficient (Wildman–Crippen LogP) is 0.844. The Kier molecular flexibility index (Phi) is 3.06. The topological polar surface area (TPSA) is 93.0 Å². The molecule has 100 valence electrons. The number of anilines is 1. The van der Waals surface area contributed by atoms with E-state index in [1.165, 1.54) is 0 Å². The number of amides is 1. The summed E-state index contributed by atoms with van der Waals surface area (Å²) in [4.78, 5) is 12.1. The Labute approximate surface area is 106 Å². The molecule has 6 nitrogen and oxygen atoms in total. The Morgan fingerprint density at radius 3 is 2.72 bits per heavy atom. The van der Waals surface area contributed by atoms with E-state index in [4.69, 9.17) is 10.5 Å². The molecule has 1 amide bonds. The molecule has 1 saturated carbocycles. The number of H-pyrrole nitrogens is 1. The number of methoxy groups -OCH3 is 1. The van der Waals surface area contributed by atoms with Crippen LogP contribution in [0.1, 0.15) is 36.3 Å². The van der Waals surface area contributed by atoms with Crippen LogP contribution in [0.2, 0.25) is 0 Å². The van der Waals surface area contributed by atoms with Crippen molar-refractivity contribution in [3.63, 3.8) is 0 Å². The number of aryl methyl sites for hydroxylation is 1. The summed E-state index contributed by atoms with van der Waals surface area (Å²) in [6, 6.07) is 0.101. The Morgan fingerprint density at radius 1 is 1.61 bits per heavy atom. The lowest BCUT2D eigenvalue weighted by molar-refractivity contribution is -0.0942. The van der Waals surface area contributed by atoms with Crippen molar-refractivity contribution in [2.24, 2.45) is 5.41 Å². The van der Waals surface area contributed by atoms with Crippen molar-refractivity contribution in [1.29, 1.82) is 0 Å². The third-order valence-electron chi connectivity index (χ3n) is 3.97. The number of carbonyl (C=O) groups is 1. The fourth-order valence-corrected chi connectivity index (χ4v) is 2.50. The number of nitrogens with one attached hydrogen (secondary N) is 2. The minimum absolute atomic E-state index is 0.0587. The minimum atomic E-state index is -0.175. The van der Waals surface area contributed by atoms with Crippen LogP contribution in [0.25, 0.3) is 0 Å². The lowest BCUT2D eigenvalue weighted by Gasteiger charge is -2.51. The van der Waals surface area contributed by atoms with E-state index < -0.39 is 0 Å². The largest absolute Gasteiger partial charge is 0.382 e. The van der Waals surface area contributed by atoms with Crippen LogP contribution in [0.3, 0.4) is 0 Å². The highest BCUT2D eigenvalue weighted by Gasteiger charge is 2.49. The molecule has 2 rings (SSSR count). The number of hydrogen-bond acceptors (Lipinski definition) is 4. The van der Waals surface area contributed by atoms with Gasteiger partial charge in [0.1, 0.15) is 5.56 Å². The van der Waals surface area contributed by atoms with Crippen molar-refractivity contribution in [2.75, 3.05) is 12.8 Å². The van der Waals surface area contributed by atoms with Gasteiger partial charge in [-0.2, -0.15) is 5.10 Å². The molecule has 0 bridgehead atoms. The van der Waals surface area contributed by atoms with Crippen molar-refractivity contribution in [1.82, 2.24) is 15.5 Å². The van der Waals surface area contributed by atoms with E-state index in [0.717, 1.165) is 6.42 Å². The van der Waals surface area contributed by atoms with E-state index >= 15 is 0 Å². The standard InChI is InChI=1S/C12H20N4O2/c1-6-9(10(13)16-15-6)11(17)14-7-5-8(18-4)12(7,2)3/h7-8H,5H2,1-4H3,(H,14,17)(H3,13,15,16). The second-order valence-corrected chi connectivity index (χ2v) is 5.42. The van der Waals surface area contributed by atoms with Crippen molar-refractivity contribution < 1.29 is 9.53 Å². The number of aromatic amines is 1. The number of rotatable bonds is 3. The summed E-state index contributed by atoms with van der Waals surface area (Å²) in [7, 11) is 1.70. The average Bonchev–Trinajstić information content (AvgIpc) is 2.63. The number of ether oxygens (including phenoxy) is 1. The average molecular weight is 252 g/mol. The maximum atomic E-state index is 12.1.